The van der Waals surface area contributed by atoms with E-state index in [-0.39, 0.29) is 11.9 Å². The second-order valence-electron chi connectivity index (χ2n) is 7.82. The Kier molecular flexibility index (Phi) is 6.05. The molecular weight excluding hydrogens is 362 g/mol. The van der Waals surface area contributed by atoms with Gasteiger partial charge in [0.15, 0.2) is 0 Å². The van der Waals surface area contributed by atoms with E-state index >= 15 is 0 Å². The second kappa shape index (κ2) is 8.87. The lowest BCUT2D eigenvalue weighted by Gasteiger charge is -2.41. The van der Waals surface area contributed by atoms with E-state index in [0.29, 0.717) is 6.61 Å². The van der Waals surface area contributed by atoms with Crippen molar-refractivity contribution in [2.45, 2.75) is 32.7 Å². The van der Waals surface area contributed by atoms with Crippen molar-refractivity contribution in [2.75, 3.05) is 49.1 Å². The molecule has 0 bridgehead atoms. The van der Waals surface area contributed by atoms with Crippen LogP contribution in [0.5, 0.6) is 5.75 Å². The first kappa shape index (κ1) is 19.8. The van der Waals surface area contributed by atoms with Crippen molar-refractivity contribution in [3.8, 4) is 5.75 Å². The first-order valence-corrected chi connectivity index (χ1v) is 10.8. The topological polar surface area (TPSA) is 36.0 Å². The Morgan fingerprint density at radius 2 is 1.66 bits per heavy atom. The number of hydrogen-bond donors (Lipinski definition) is 0. The van der Waals surface area contributed by atoms with Gasteiger partial charge in [-0.15, -0.1) is 0 Å². The van der Waals surface area contributed by atoms with E-state index in [4.69, 9.17) is 4.74 Å². The summed E-state index contributed by atoms with van der Waals surface area (Å²) in [4.78, 5) is 20.0. The highest BCUT2D eigenvalue weighted by molar-refractivity contribution is 5.98. The third-order valence-corrected chi connectivity index (χ3v) is 6.10. The number of anilines is 2. The molecular formula is C24H31N3O2. The molecule has 0 radical (unpaired) electrons. The van der Waals surface area contributed by atoms with Crippen LogP contribution in [0.25, 0.3) is 0 Å². The van der Waals surface area contributed by atoms with Crippen molar-refractivity contribution >= 4 is 17.3 Å². The Balaban J connectivity index is 1.41. The van der Waals surface area contributed by atoms with Crippen LogP contribution in [-0.4, -0.2) is 56.2 Å². The average Bonchev–Trinajstić information content (AvgIpc) is 2.78. The summed E-state index contributed by atoms with van der Waals surface area (Å²) in [5.74, 6) is 1.16. The number of rotatable bonds is 5. The molecule has 29 heavy (non-hydrogen) atoms. The van der Waals surface area contributed by atoms with Crippen molar-refractivity contribution < 1.29 is 9.53 Å². The highest BCUT2D eigenvalue weighted by atomic mass is 16.5. The smallest absolute Gasteiger partial charge is 0.244 e. The molecule has 2 aromatic carbocycles. The van der Waals surface area contributed by atoms with Crippen LogP contribution in [0.2, 0.25) is 0 Å². The number of piperazine rings is 1. The zero-order valence-electron chi connectivity index (χ0n) is 17.5. The summed E-state index contributed by atoms with van der Waals surface area (Å²) in [5.41, 5.74) is 3.54. The first-order valence-electron chi connectivity index (χ1n) is 10.8. The lowest BCUT2D eigenvalue weighted by atomic mass is 10.0. The van der Waals surface area contributed by atoms with Gasteiger partial charge in [0, 0.05) is 38.4 Å². The molecule has 1 atom stereocenters. The highest BCUT2D eigenvalue weighted by Crippen LogP contribution is 2.30. The van der Waals surface area contributed by atoms with E-state index in [1.165, 1.54) is 5.56 Å². The molecule has 2 aliphatic rings. The van der Waals surface area contributed by atoms with Crippen LogP contribution in [0.15, 0.2) is 48.5 Å². The molecule has 154 valence electrons. The molecule has 1 saturated heterocycles. The van der Waals surface area contributed by atoms with Gasteiger partial charge in [0.2, 0.25) is 5.91 Å². The van der Waals surface area contributed by atoms with Crippen LogP contribution in [0.4, 0.5) is 11.4 Å². The molecule has 1 fully saturated rings. The number of amides is 1. The van der Waals surface area contributed by atoms with Gasteiger partial charge in [0.1, 0.15) is 5.75 Å². The normalized spacial score (nSPS) is 18.3. The molecule has 2 heterocycles. The fourth-order valence-electron chi connectivity index (χ4n) is 4.49. The van der Waals surface area contributed by atoms with Crippen LogP contribution in [-0.2, 0) is 11.2 Å². The Bertz CT molecular complexity index is 846. The second-order valence-corrected chi connectivity index (χ2v) is 7.82. The maximum Gasteiger partial charge on any atom is 0.244 e. The Hall–Kier alpha value is -2.53. The zero-order valence-corrected chi connectivity index (χ0v) is 17.5. The van der Waals surface area contributed by atoms with E-state index in [0.717, 1.165) is 62.7 Å². The van der Waals surface area contributed by atoms with Crippen molar-refractivity contribution in [3.63, 3.8) is 0 Å². The van der Waals surface area contributed by atoms with E-state index in [2.05, 4.69) is 47.1 Å². The molecule has 1 unspecified atom stereocenters. The fraction of sp³-hybridized carbons (Fsp3) is 0.458. The van der Waals surface area contributed by atoms with Crippen LogP contribution < -0.4 is 14.5 Å². The molecule has 0 spiro atoms. The maximum atomic E-state index is 13.3. The Morgan fingerprint density at radius 1 is 0.966 bits per heavy atom. The quantitative estimate of drug-likeness (QED) is 0.778. The minimum absolute atomic E-state index is 0.106. The molecule has 0 N–H and O–H groups in total. The van der Waals surface area contributed by atoms with Gasteiger partial charge in [-0.3, -0.25) is 9.69 Å². The van der Waals surface area contributed by atoms with E-state index in [9.17, 15) is 4.79 Å². The third kappa shape index (κ3) is 4.10. The summed E-state index contributed by atoms with van der Waals surface area (Å²) in [6, 6.07) is 16.5. The van der Waals surface area contributed by atoms with Gasteiger partial charge >= 0.3 is 0 Å². The number of para-hydroxylation sites is 3. The number of benzene rings is 2. The van der Waals surface area contributed by atoms with E-state index in [1.54, 1.807) is 0 Å². The molecule has 4 rings (SSSR count). The van der Waals surface area contributed by atoms with Crippen molar-refractivity contribution in [1.82, 2.24) is 4.90 Å². The maximum absolute atomic E-state index is 13.3. The van der Waals surface area contributed by atoms with Crippen LogP contribution in [0.1, 0.15) is 25.8 Å². The summed E-state index contributed by atoms with van der Waals surface area (Å²) in [6.07, 6.45) is 2.10. The molecule has 2 aromatic rings. The van der Waals surface area contributed by atoms with Gasteiger partial charge in [0.25, 0.3) is 0 Å². The fourth-order valence-corrected chi connectivity index (χ4v) is 4.49. The summed E-state index contributed by atoms with van der Waals surface area (Å²) in [6.45, 7) is 9.12. The predicted octanol–water partition coefficient (Wildman–Crippen LogP) is 3.58. The zero-order chi connectivity index (χ0) is 20.2. The number of aryl methyl sites for hydroxylation is 1. The van der Waals surface area contributed by atoms with Crippen molar-refractivity contribution in [1.29, 1.82) is 0 Å². The largest absolute Gasteiger partial charge is 0.492 e. The minimum atomic E-state index is -0.106. The predicted molar refractivity (Wildman–Crippen MR) is 118 cm³/mol. The summed E-state index contributed by atoms with van der Waals surface area (Å²) in [7, 11) is 0. The first-order chi connectivity index (χ1) is 14.2. The molecule has 5 heteroatoms. The molecule has 0 saturated carbocycles. The Morgan fingerprint density at radius 3 is 2.41 bits per heavy atom. The number of ether oxygens (including phenoxy) is 1. The van der Waals surface area contributed by atoms with Gasteiger partial charge in [-0.05, 0) is 50.5 Å². The molecule has 2 aliphatic heterocycles. The van der Waals surface area contributed by atoms with Gasteiger partial charge in [0.05, 0.1) is 18.3 Å². The minimum Gasteiger partial charge on any atom is -0.492 e. The monoisotopic (exact) mass is 393 g/mol. The van der Waals surface area contributed by atoms with Crippen molar-refractivity contribution in [3.05, 3.63) is 54.1 Å². The molecule has 1 amide bonds. The number of hydrogen-bond acceptors (Lipinski definition) is 4. The standard InChI is InChI=1S/C24H31N3O2/c1-3-29-23-13-7-6-12-22(23)26-17-15-25(16-18-26)19(2)24(28)27-14-8-10-20-9-4-5-11-21(20)27/h4-7,9,11-13,19H,3,8,10,14-18H2,1-2H3. The van der Waals surface area contributed by atoms with E-state index < -0.39 is 0 Å². The molecule has 0 aliphatic carbocycles. The molecule has 5 nitrogen and oxygen atoms in total. The van der Waals surface area contributed by atoms with E-state index in [1.807, 2.05) is 30.0 Å². The number of carbonyl (C=O) groups excluding carboxylic acids is 1. The SMILES string of the molecule is CCOc1ccccc1N1CCN(C(C)C(=O)N2CCCc3ccccc32)CC1. The van der Waals surface area contributed by atoms with Crippen molar-refractivity contribution in [2.24, 2.45) is 0 Å². The summed E-state index contributed by atoms with van der Waals surface area (Å²) < 4.78 is 5.80. The van der Waals surface area contributed by atoms with Crippen LogP contribution in [0, 0.1) is 0 Å². The Labute approximate surface area is 173 Å². The lowest BCUT2D eigenvalue weighted by Crippen LogP contribution is -2.55. The summed E-state index contributed by atoms with van der Waals surface area (Å²) >= 11 is 0. The van der Waals surface area contributed by atoms with Gasteiger partial charge in [-0.2, -0.15) is 0 Å². The third-order valence-electron chi connectivity index (χ3n) is 6.10. The molecule has 0 aromatic heterocycles. The van der Waals surface area contributed by atoms with Crippen LogP contribution in [0.3, 0.4) is 0 Å². The summed E-state index contributed by atoms with van der Waals surface area (Å²) in [5, 5.41) is 0. The van der Waals surface area contributed by atoms with Gasteiger partial charge in [-0.25, -0.2) is 0 Å². The number of fused-ring (bicyclic) bond motifs is 1. The van der Waals surface area contributed by atoms with Gasteiger partial charge in [-0.1, -0.05) is 30.3 Å². The van der Waals surface area contributed by atoms with Crippen LogP contribution >= 0.6 is 0 Å². The van der Waals surface area contributed by atoms with Gasteiger partial charge < -0.3 is 14.5 Å². The lowest BCUT2D eigenvalue weighted by molar-refractivity contribution is -0.123. The average molecular weight is 394 g/mol. The number of carbonyl (C=O) groups is 1. The highest BCUT2D eigenvalue weighted by Gasteiger charge is 2.31. The number of nitrogens with zero attached hydrogens (tertiary/aromatic N) is 3.